The lowest BCUT2D eigenvalue weighted by molar-refractivity contribution is 0.0936. The summed E-state index contributed by atoms with van der Waals surface area (Å²) >= 11 is 3.41. The molecule has 0 aliphatic rings. The van der Waals surface area contributed by atoms with E-state index in [1.807, 2.05) is 23.9 Å². The number of Topliss-reactive ketones (excluding diaryl/α,β-unsaturated/α-hetero) is 1. The van der Waals surface area contributed by atoms with E-state index in [1.54, 1.807) is 18.4 Å². The second-order valence-electron chi connectivity index (χ2n) is 3.13. The van der Waals surface area contributed by atoms with E-state index in [-0.39, 0.29) is 5.78 Å². The number of hydrogen-bond acceptors (Lipinski definition) is 4. The Balaban J connectivity index is 2.47. The molecular weight excluding hydrogens is 228 g/mol. The maximum absolute atomic E-state index is 11.6. The molecule has 4 heteroatoms. The molecule has 0 unspecified atom stereocenters. The molecule has 0 bridgehead atoms. The van der Waals surface area contributed by atoms with Crippen LogP contribution in [0.15, 0.2) is 16.3 Å². The van der Waals surface area contributed by atoms with Crippen LogP contribution in [0.2, 0.25) is 0 Å². The fraction of sp³-hybridized carbons (Fsp3) is 0.545. The van der Waals surface area contributed by atoms with Crippen LogP contribution in [0.3, 0.4) is 0 Å². The fourth-order valence-electron chi connectivity index (χ4n) is 1.07. The van der Waals surface area contributed by atoms with Crippen molar-refractivity contribution in [2.45, 2.75) is 24.0 Å². The lowest BCUT2D eigenvalue weighted by Crippen LogP contribution is -2.00. The largest absolute Gasteiger partial charge is 0.384 e. The molecule has 0 amide bonds. The zero-order valence-electron chi connectivity index (χ0n) is 9.12. The number of carbonyl (C=O) groups is 1. The Bertz CT molecular complexity index is 307. The monoisotopic (exact) mass is 244 g/mol. The second-order valence-corrected chi connectivity index (χ2v) is 5.61. The average molecular weight is 244 g/mol. The molecule has 1 aromatic heterocycles. The molecule has 15 heavy (non-hydrogen) atoms. The van der Waals surface area contributed by atoms with E-state index in [0.717, 1.165) is 17.1 Å². The number of ether oxygens (including phenoxy) is 1. The van der Waals surface area contributed by atoms with Crippen LogP contribution in [0.25, 0.3) is 0 Å². The van der Waals surface area contributed by atoms with Crippen molar-refractivity contribution < 1.29 is 9.53 Å². The molecular formula is C11H16O2S2. The van der Waals surface area contributed by atoms with E-state index in [4.69, 9.17) is 4.74 Å². The summed E-state index contributed by atoms with van der Waals surface area (Å²) in [5.41, 5.74) is 0. The maximum atomic E-state index is 11.6. The van der Waals surface area contributed by atoms with Crippen LogP contribution >= 0.6 is 23.1 Å². The van der Waals surface area contributed by atoms with Crippen LogP contribution in [0, 0.1) is 0 Å². The number of carbonyl (C=O) groups excluding carboxylic acids is 1. The van der Waals surface area contributed by atoms with Crippen LogP contribution in [0.4, 0.5) is 0 Å². The van der Waals surface area contributed by atoms with Gasteiger partial charge in [-0.15, -0.1) is 23.1 Å². The Kier molecular flexibility index (Phi) is 5.98. The van der Waals surface area contributed by atoms with Gasteiger partial charge in [-0.1, -0.05) is 6.92 Å². The highest BCUT2D eigenvalue weighted by Crippen LogP contribution is 2.28. The summed E-state index contributed by atoms with van der Waals surface area (Å²) in [6.07, 6.45) is 1.64. The minimum atomic E-state index is 0.185. The number of rotatable bonds is 7. The molecule has 0 saturated carbocycles. The van der Waals surface area contributed by atoms with Gasteiger partial charge in [-0.3, -0.25) is 4.79 Å². The van der Waals surface area contributed by atoms with E-state index in [0.29, 0.717) is 13.0 Å². The maximum Gasteiger partial charge on any atom is 0.175 e. The van der Waals surface area contributed by atoms with Crippen LogP contribution in [0.1, 0.15) is 29.4 Å². The van der Waals surface area contributed by atoms with Gasteiger partial charge in [-0.25, -0.2) is 0 Å². The normalized spacial score (nSPS) is 10.5. The minimum Gasteiger partial charge on any atom is -0.384 e. The molecule has 1 aromatic rings. The van der Waals surface area contributed by atoms with Crippen molar-refractivity contribution in [3.05, 3.63) is 17.0 Å². The number of hydrogen-bond donors (Lipinski definition) is 0. The van der Waals surface area contributed by atoms with Gasteiger partial charge in [0.1, 0.15) is 0 Å². The molecule has 84 valence electrons. The third-order valence-electron chi connectivity index (χ3n) is 1.84. The first-order valence-electron chi connectivity index (χ1n) is 5.02. The average Bonchev–Trinajstić information content (AvgIpc) is 2.71. The number of thioether (sulfide) groups is 1. The molecule has 2 nitrogen and oxygen atoms in total. The summed E-state index contributed by atoms with van der Waals surface area (Å²) < 4.78 is 6.12. The lowest BCUT2D eigenvalue weighted by Gasteiger charge is -1.96. The lowest BCUT2D eigenvalue weighted by atomic mass is 10.2. The van der Waals surface area contributed by atoms with Gasteiger partial charge in [0.15, 0.2) is 5.78 Å². The predicted octanol–water partition coefficient (Wildman–Crippen LogP) is 3.47. The van der Waals surface area contributed by atoms with E-state index >= 15 is 0 Å². The number of methoxy groups -OCH3 is 1. The summed E-state index contributed by atoms with van der Waals surface area (Å²) in [7, 11) is 1.62. The van der Waals surface area contributed by atoms with E-state index in [2.05, 4.69) is 6.92 Å². The summed E-state index contributed by atoms with van der Waals surface area (Å²) in [4.78, 5) is 12.5. The minimum absolute atomic E-state index is 0.185. The number of thiophene rings is 1. The van der Waals surface area contributed by atoms with Gasteiger partial charge in [-0.2, -0.15) is 0 Å². The molecule has 1 heterocycles. The molecule has 1 rings (SSSR count). The van der Waals surface area contributed by atoms with Crippen molar-refractivity contribution >= 4 is 28.9 Å². The third kappa shape index (κ3) is 4.36. The SMILES string of the molecule is CCCSc1ccc(C(=O)CCOC)s1. The molecule has 0 saturated heterocycles. The third-order valence-corrected chi connectivity index (χ3v) is 4.40. The van der Waals surface area contributed by atoms with Crippen molar-refractivity contribution in [3.63, 3.8) is 0 Å². The molecule has 0 aromatic carbocycles. The van der Waals surface area contributed by atoms with Crippen molar-refractivity contribution in [2.24, 2.45) is 0 Å². The van der Waals surface area contributed by atoms with Crippen LogP contribution in [-0.2, 0) is 4.74 Å². The Morgan fingerprint density at radius 1 is 1.53 bits per heavy atom. The highest BCUT2D eigenvalue weighted by atomic mass is 32.2. The van der Waals surface area contributed by atoms with Gasteiger partial charge < -0.3 is 4.74 Å². The summed E-state index contributed by atoms with van der Waals surface area (Å²) in [6, 6.07) is 3.95. The number of ketones is 1. The summed E-state index contributed by atoms with van der Waals surface area (Å²) in [5.74, 6) is 1.30. The van der Waals surface area contributed by atoms with Crippen molar-refractivity contribution in [3.8, 4) is 0 Å². The van der Waals surface area contributed by atoms with E-state index in [1.165, 1.54) is 4.21 Å². The Morgan fingerprint density at radius 2 is 2.33 bits per heavy atom. The standard InChI is InChI=1S/C11H16O2S2/c1-3-8-14-11-5-4-10(15-11)9(12)6-7-13-2/h4-5H,3,6-8H2,1-2H3. The molecule has 0 N–H and O–H groups in total. The van der Waals surface area contributed by atoms with Gasteiger partial charge in [0.05, 0.1) is 15.7 Å². The van der Waals surface area contributed by atoms with Crippen molar-refractivity contribution in [1.29, 1.82) is 0 Å². The first kappa shape index (κ1) is 12.7. The Hall–Kier alpha value is -0.320. The van der Waals surface area contributed by atoms with Gasteiger partial charge in [-0.05, 0) is 24.3 Å². The molecule has 0 fully saturated rings. The van der Waals surface area contributed by atoms with E-state index < -0.39 is 0 Å². The smallest absolute Gasteiger partial charge is 0.175 e. The molecule has 0 aliphatic carbocycles. The first-order valence-corrected chi connectivity index (χ1v) is 6.83. The van der Waals surface area contributed by atoms with Gasteiger partial charge in [0.25, 0.3) is 0 Å². The quantitative estimate of drug-likeness (QED) is 0.542. The Labute approximate surface area is 99.0 Å². The fourth-order valence-corrected chi connectivity index (χ4v) is 3.10. The van der Waals surface area contributed by atoms with Gasteiger partial charge in [0, 0.05) is 13.5 Å². The van der Waals surface area contributed by atoms with Gasteiger partial charge >= 0.3 is 0 Å². The van der Waals surface area contributed by atoms with Crippen molar-refractivity contribution in [2.75, 3.05) is 19.5 Å². The van der Waals surface area contributed by atoms with Crippen LogP contribution in [0.5, 0.6) is 0 Å². The molecule has 0 aliphatic heterocycles. The van der Waals surface area contributed by atoms with Crippen molar-refractivity contribution in [1.82, 2.24) is 0 Å². The zero-order chi connectivity index (χ0) is 11.1. The van der Waals surface area contributed by atoms with Crippen LogP contribution in [-0.4, -0.2) is 25.3 Å². The molecule has 0 radical (unpaired) electrons. The zero-order valence-corrected chi connectivity index (χ0v) is 10.7. The highest BCUT2D eigenvalue weighted by molar-refractivity contribution is 8.01. The van der Waals surface area contributed by atoms with Gasteiger partial charge in [0.2, 0.25) is 0 Å². The molecule has 0 spiro atoms. The summed E-state index contributed by atoms with van der Waals surface area (Å²) in [6.45, 7) is 2.67. The van der Waals surface area contributed by atoms with Crippen LogP contribution < -0.4 is 0 Å². The molecule has 0 atom stereocenters. The Morgan fingerprint density at radius 3 is 3.00 bits per heavy atom. The predicted molar refractivity (Wildman–Crippen MR) is 66.2 cm³/mol. The second kappa shape index (κ2) is 7.04. The highest BCUT2D eigenvalue weighted by Gasteiger charge is 2.08. The summed E-state index contributed by atoms with van der Waals surface area (Å²) in [5, 5.41) is 0. The van der Waals surface area contributed by atoms with E-state index in [9.17, 15) is 4.79 Å². The first-order chi connectivity index (χ1) is 7.27. The topological polar surface area (TPSA) is 26.3 Å².